The molecule has 0 fully saturated rings. The molecule has 0 aliphatic rings. The van der Waals surface area contributed by atoms with Gasteiger partial charge in [0, 0.05) is 18.5 Å². The van der Waals surface area contributed by atoms with E-state index in [2.05, 4.69) is 5.32 Å². The first-order valence-corrected chi connectivity index (χ1v) is 13.7. The predicted molar refractivity (Wildman–Crippen MR) is 141 cm³/mol. The summed E-state index contributed by atoms with van der Waals surface area (Å²) in [4.78, 5) is 28.0. The van der Waals surface area contributed by atoms with Crippen LogP contribution in [0.1, 0.15) is 25.8 Å². The van der Waals surface area contributed by atoms with Crippen molar-refractivity contribution in [3.8, 4) is 0 Å². The summed E-state index contributed by atoms with van der Waals surface area (Å²) in [6, 6.07) is 21.8. The van der Waals surface area contributed by atoms with Crippen LogP contribution in [0.25, 0.3) is 10.8 Å². The van der Waals surface area contributed by atoms with Crippen LogP contribution < -0.4 is 9.62 Å². The fourth-order valence-electron chi connectivity index (χ4n) is 4.21. The van der Waals surface area contributed by atoms with Crippen LogP contribution in [0.3, 0.4) is 0 Å². The van der Waals surface area contributed by atoms with E-state index in [0.29, 0.717) is 31.6 Å². The zero-order valence-corrected chi connectivity index (χ0v) is 21.3. The van der Waals surface area contributed by atoms with Gasteiger partial charge in [0.05, 0.1) is 11.9 Å². The second-order valence-corrected chi connectivity index (χ2v) is 10.3. The largest absolute Gasteiger partial charge is 0.355 e. The molecule has 2 amide bonds. The number of fused-ring (bicyclic) bond motifs is 1. The molecule has 3 aromatic rings. The first kappa shape index (κ1) is 26.2. The Morgan fingerprint density at radius 3 is 2.23 bits per heavy atom. The van der Waals surface area contributed by atoms with Gasteiger partial charge in [-0.2, -0.15) is 0 Å². The Morgan fingerprint density at radius 1 is 0.914 bits per heavy atom. The topological polar surface area (TPSA) is 86.8 Å². The van der Waals surface area contributed by atoms with Crippen molar-refractivity contribution in [1.82, 2.24) is 10.2 Å². The molecule has 0 aliphatic heterocycles. The van der Waals surface area contributed by atoms with Gasteiger partial charge in [0.25, 0.3) is 0 Å². The number of nitrogens with zero attached hydrogens (tertiary/aromatic N) is 2. The average Bonchev–Trinajstić information content (AvgIpc) is 2.84. The van der Waals surface area contributed by atoms with Crippen molar-refractivity contribution in [2.45, 2.75) is 32.7 Å². The molecular formula is C27H33N3O4S. The lowest BCUT2D eigenvalue weighted by Gasteiger charge is -2.33. The number of hydrogen-bond acceptors (Lipinski definition) is 4. The van der Waals surface area contributed by atoms with Crippen molar-refractivity contribution in [2.75, 3.05) is 30.2 Å². The van der Waals surface area contributed by atoms with Crippen molar-refractivity contribution in [2.24, 2.45) is 0 Å². The standard InChI is InChI=1S/C27H33N3O4S/c1-4-24(27(32)28-5-2)29(19-18-21-12-7-6-8-13-21)26(31)20-30(35(3,33)34)25-17-11-15-22-14-9-10-16-23(22)25/h6-17,24H,4-5,18-20H2,1-3H3,(H,28,32)/t24-/m1/s1. The second kappa shape index (κ2) is 11.8. The molecule has 0 saturated heterocycles. The summed E-state index contributed by atoms with van der Waals surface area (Å²) in [6.07, 6.45) is 2.06. The van der Waals surface area contributed by atoms with Gasteiger partial charge in [-0.15, -0.1) is 0 Å². The molecule has 3 aromatic carbocycles. The Morgan fingerprint density at radius 2 is 1.57 bits per heavy atom. The zero-order valence-electron chi connectivity index (χ0n) is 20.5. The fraction of sp³-hybridized carbons (Fsp3) is 0.333. The minimum atomic E-state index is -3.78. The summed E-state index contributed by atoms with van der Waals surface area (Å²) in [6.45, 7) is 4.03. The van der Waals surface area contributed by atoms with Crippen LogP contribution in [0.15, 0.2) is 72.8 Å². The van der Waals surface area contributed by atoms with Crippen molar-refractivity contribution in [3.63, 3.8) is 0 Å². The molecular weight excluding hydrogens is 462 g/mol. The number of carbonyl (C=O) groups excluding carboxylic acids is 2. The van der Waals surface area contributed by atoms with Crippen molar-refractivity contribution >= 4 is 38.3 Å². The van der Waals surface area contributed by atoms with Gasteiger partial charge in [-0.3, -0.25) is 13.9 Å². The van der Waals surface area contributed by atoms with Crippen LogP contribution in [0.4, 0.5) is 5.69 Å². The van der Waals surface area contributed by atoms with E-state index < -0.39 is 28.5 Å². The SMILES string of the molecule is CCNC(=O)[C@@H](CC)N(CCc1ccccc1)C(=O)CN(c1cccc2ccccc12)S(C)(=O)=O. The average molecular weight is 496 g/mol. The third-order valence-electron chi connectivity index (χ3n) is 5.94. The summed E-state index contributed by atoms with van der Waals surface area (Å²) < 4.78 is 26.9. The van der Waals surface area contributed by atoms with Crippen LogP contribution in [0, 0.1) is 0 Å². The quantitative estimate of drug-likeness (QED) is 0.440. The van der Waals surface area contributed by atoms with E-state index in [9.17, 15) is 18.0 Å². The number of anilines is 1. The van der Waals surface area contributed by atoms with Crippen LogP contribution in [0.5, 0.6) is 0 Å². The second-order valence-electron chi connectivity index (χ2n) is 8.41. The van der Waals surface area contributed by atoms with Gasteiger partial charge in [-0.1, -0.05) is 73.7 Å². The van der Waals surface area contributed by atoms with E-state index in [1.54, 1.807) is 12.1 Å². The highest BCUT2D eigenvalue weighted by Crippen LogP contribution is 2.28. The van der Waals surface area contributed by atoms with Crippen LogP contribution in [-0.4, -0.2) is 57.1 Å². The highest BCUT2D eigenvalue weighted by Gasteiger charge is 2.31. The maximum Gasteiger partial charge on any atom is 0.244 e. The number of benzene rings is 3. The highest BCUT2D eigenvalue weighted by atomic mass is 32.2. The summed E-state index contributed by atoms with van der Waals surface area (Å²) in [7, 11) is -3.78. The van der Waals surface area contributed by atoms with Gasteiger partial charge in [0.2, 0.25) is 21.8 Å². The predicted octanol–water partition coefficient (Wildman–Crippen LogP) is 3.59. The lowest BCUT2D eigenvalue weighted by atomic mass is 10.1. The van der Waals surface area contributed by atoms with Crippen LogP contribution in [0.2, 0.25) is 0 Å². The zero-order chi connectivity index (χ0) is 25.4. The van der Waals surface area contributed by atoms with Crippen LogP contribution >= 0.6 is 0 Å². The highest BCUT2D eigenvalue weighted by molar-refractivity contribution is 7.92. The molecule has 7 nitrogen and oxygen atoms in total. The number of hydrogen-bond donors (Lipinski definition) is 1. The maximum absolute atomic E-state index is 13.7. The molecule has 0 unspecified atom stereocenters. The van der Waals surface area contributed by atoms with Crippen molar-refractivity contribution in [3.05, 3.63) is 78.4 Å². The lowest BCUT2D eigenvalue weighted by molar-refractivity contribution is -0.139. The van der Waals surface area contributed by atoms with Gasteiger partial charge in [0.15, 0.2) is 0 Å². The molecule has 35 heavy (non-hydrogen) atoms. The fourth-order valence-corrected chi connectivity index (χ4v) is 5.07. The number of likely N-dealkylation sites (N-methyl/N-ethyl adjacent to an activating group) is 1. The lowest BCUT2D eigenvalue weighted by Crippen LogP contribution is -2.53. The maximum atomic E-state index is 13.7. The molecule has 8 heteroatoms. The van der Waals surface area contributed by atoms with Gasteiger partial charge >= 0.3 is 0 Å². The number of carbonyl (C=O) groups is 2. The molecule has 186 valence electrons. The number of rotatable bonds is 11. The van der Waals surface area contributed by atoms with E-state index in [4.69, 9.17) is 0 Å². The van der Waals surface area contributed by atoms with Crippen LogP contribution in [-0.2, 0) is 26.0 Å². The summed E-state index contributed by atoms with van der Waals surface area (Å²) in [5, 5.41) is 4.42. The molecule has 1 N–H and O–H groups in total. The summed E-state index contributed by atoms with van der Waals surface area (Å²) >= 11 is 0. The minimum absolute atomic E-state index is 0.243. The van der Waals surface area contributed by atoms with Crippen molar-refractivity contribution in [1.29, 1.82) is 0 Å². The molecule has 0 spiro atoms. The van der Waals surface area contributed by atoms with Gasteiger partial charge in [-0.25, -0.2) is 8.42 Å². The summed E-state index contributed by atoms with van der Waals surface area (Å²) in [5.74, 6) is -0.662. The van der Waals surface area contributed by atoms with Crippen molar-refractivity contribution < 1.29 is 18.0 Å². The first-order valence-electron chi connectivity index (χ1n) is 11.8. The van der Waals surface area contributed by atoms with E-state index in [-0.39, 0.29) is 5.91 Å². The van der Waals surface area contributed by atoms with Gasteiger partial charge in [0.1, 0.15) is 12.6 Å². The molecule has 0 heterocycles. The number of sulfonamides is 1. The van der Waals surface area contributed by atoms with E-state index in [1.807, 2.05) is 74.5 Å². The van der Waals surface area contributed by atoms with E-state index in [0.717, 1.165) is 26.9 Å². The Labute approximate surface area is 207 Å². The first-order chi connectivity index (χ1) is 16.8. The monoisotopic (exact) mass is 495 g/mol. The molecule has 3 rings (SSSR count). The smallest absolute Gasteiger partial charge is 0.244 e. The molecule has 0 radical (unpaired) electrons. The number of amides is 2. The van der Waals surface area contributed by atoms with Gasteiger partial charge in [-0.05, 0) is 36.8 Å². The third kappa shape index (κ3) is 6.60. The normalized spacial score (nSPS) is 12.2. The molecule has 1 atom stereocenters. The minimum Gasteiger partial charge on any atom is -0.355 e. The number of nitrogens with one attached hydrogen (secondary N) is 1. The molecule has 0 aromatic heterocycles. The Balaban J connectivity index is 1.96. The third-order valence-corrected chi connectivity index (χ3v) is 7.06. The molecule has 0 saturated carbocycles. The van der Waals surface area contributed by atoms with E-state index in [1.165, 1.54) is 4.90 Å². The Bertz CT molecular complexity index is 1260. The Kier molecular flexibility index (Phi) is 8.87. The molecule has 0 aliphatic carbocycles. The molecule has 0 bridgehead atoms. The van der Waals surface area contributed by atoms with Gasteiger partial charge < -0.3 is 10.2 Å². The van der Waals surface area contributed by atoms with E-state index >= 15 is 0 Å². The Hall–Kier alpha value is -3.39. The summed E-state index contributed by atoms with van der Waals surface area (Å²) in [5.41, 5.74) is 1.47.